The number of nitrogens with one attached hydrogen (secondary N) is 1. The van der Waals surface area contributed by atoms with Crippen LogP contribution in [-0.2, 0) is 19.3 Å². The maximum atomic E-state index is 6.23. The molecule has 2 rings (SSSR count). The van der Waals surface area contributed by atoms with Crippen molar-refractivity contribution in [2.24, 2.45) is 7.05 Å². The summed E-state index contributed by atoms with van der Waals surface area (Å²) in [6.07, 6.45) is 0. The lowest BCUT2D eigenvalue weighted by atomic mass is 10.3. The van der Waals surface area contributed by atoms with Gasteiger partial charge in [0.25, 0.3) is 0 Å². The van der Waals surface area contributed by atoms with Crippen LogP contribution in [0, 0.1) is 6.92 Å². The molecule has 1 N–H and O–H groups in total. The van der Waals surface area contributed by atoms with Gasteiger partial charge in [-0.25, -0.2) is 4.68 Å². The van der Waals surface area contributed by atoms with Crippen molar-refractivity contribution in [2.75, 3.05) is 6.54 Å². The van der Waals surface area contributed by atoms with Crippen molar-refractivity contribution in [3.8, 4) is 0 Å². The number of aryl methyl sites for hydroxylation is 2. The van der Waals surface area contributed by atoms with Crippen molar-refractivity contribution >= 4 is 23.4 Å². The molecule has 0 aliphatic rings. The summed E-state index contributed by atoms with van der Waals surface area (Å²) < 4.78 is 3.49. The van der Waals surface area contributed by atoms with E-state index in [1.165, 1.54) is 0 Å². The van der Waals surface area contributed by atoms with Gasteiger partial charge in [-0.05, 0) is 17.4 Å². The predicted octanol–water partition coefficient (Wildman–Crippen LogP) is 1.66. The van der Waals surface area contributed by atoms with Crippen LogP contribution >= 0.6 is 23.4 Å². The van der Waals surface area contributed by atoms with Crippen LogP contribution < -0.4 is 5.32 Å². The van der Waals surface area contributed by atoms with E-state index in [2.05, 4.69) is 39.8 Å². The Bertz CT molecular complexity index is 592. The van der Waals surface area contributed by atoms with Crippen molar-refractivity contribution in [1.82, 2.24) is 35.3 Å². The Morgan fingerprint density at radius 1 is 1.38 bits per heavy atom. The Balaban J connectivity index is 1.96. The number of nitrogens with zero attached hydrogens (tertiary/aromatic N) is 6. The van der Waals surface area contributed by atoms with Crippen LogP contribution in [0.1, 0.15) is 25.1 Å². The minimum atomic E-state index is 0.453. The van der Waals surface area contributed by atoms with Crippen LogP contribution in [0.15, 0.2) is 5.16 Å². The van der Waals surface area contributed by atoms with E-state index in [-0.39, 0.29) is 0 Å². The molecule has 2 aromatic heterocycles. The van der Waals surface area contributed by atoms with E-state index in [9.17, 15) is 0 Å². The zero-order valence-corrected chi connectivity index (χ0v) is 14.2. The summed E-state index contributed by atoms with van der Waals surface area (Å²) in [4.78, 5) is 0. The monoisotopic (exact) mass is 329 g/mol. The van der Waals surface area contributed by atoms with Gasteiger partial charge in [-0.2, -0.15) is 5.10 Å². The molecule has 9 heteroatoms. The van der Waals surface area contributed by atoms with Crippen LogP contribution in [0.3, 0.4) is 0 Å². The van der Waals surface area contributed by atoms with Crippen molar-refractivity contribution in [3.05, 3.63) is 16.4 Å². The minimum Gasteiger partial charge on any atom is -0.313 e. The van der Waals surface area contributed by atoms with Crippen LogP contribution in [0.2, 0.25) is 5.15 Å². The highest BCUT2D eigenvalue weighted by Crippen LogP contribution is 2.26. The highest BCUT2D eigenvalue weighted by Gasteiger charge is 2.14. The van der Waals surface area contributed by atoms with Gasteiger partial charge >= 0.3 is 0 Å². The van der Waals surface area contributed by atoms with Gasteiger partial charge in [-0.15, -0.1) is 5.10 Å². The summed E-state index contributed by atoms with van der Waals surface area (Å²) in [6.45, 7) is 7.76. The molecular weight excluding hydrogens is 310 g/mol. The molecule has 7 nitrogen and oxygen atoms in total. The first-order valence-electron chi connectivity index (χ1n) is 6.79. The predicted molar refractivity (Wildman–Crippen MR) is 83.5 cm³/mol. The Labute approximate surface area is 133 Å². The third kappa shape index (κ3) is 4.18. The number of halogens is 1. The van der Waals surface area contributed by atoms with Crippen molar-refractivity contribution in [2.45, 2.75) is 44.3 Å². The first kappa shape index (κ1) is 16.3. The van der Waals surface area contributed by atoms with E-state index < -0.39 is 0 Å². The Hall–Kier alpha value is -1.12. The number of tetrazole rings is 1. The fourth-order valence-electron chi connectivity index (χ4n) is 1.87. The molecule has 0 radical (unpaired) electrons. The van der Waals surface area contributed by atoms with Gasteiger partial charge in [-0.1, -0.05) is 37.2 Å². The fourth-order valence-corrected chi connectivity index (χ4v) is 3.18. The first-order valence-corrected chi connectivity index (χ1v) is 8.15. The number of hydrogen-bond acceptors (Lipinski definition) is 6. The first-order chi connectivity index (χ1) is 9.99. The van der Waals surface area contributed by atoms with E-state index in [0.717, 1.165) is 29.5 Å². The Morgan fingerprint density at radius 2 is 2.14 bits per heavy atom. The largest absolute Gasteiger partial charge is 0.313 e. The summed E-state index contributed by atoms with van der Waals surface area (Å²) in [7, 11) is 1.84. The Kier molecular flexibility index (Phi) is 5.60. The second-order valence-corrected chi connectivity index (χ2v) is 6.36. The van der Waals surface area contributed by atoms with E-state index in [0.29, 0.717) is 16.9 Å². The average Bonchev–Trinajstić information content (AvgIpc) is 2.94. The molecule has 0 amide bonds. The molecule has 0 fully saturated rings. The minimum absolute atomic E-state index is 0.453. The van der Waals surface area contributed by atoms with Crippen LogP contribution in [-0.4, -0.2) is 42.6 Å². The molecule has 116 valence electrons. The Morgan fingerprint density at radius 3 is 2.76 bits per heavy atom. The van der Waals surface area contributed by atoms with Gasteiger partial charge in [-0.3, -0.25) is 4.68 Å². The molecule has 0 saturated carbocycles. The number of thioether (sulfide) groups is 1. The standard InChI is InChI=1S/C12H20ClN7S/c1-8(2)14-5-6-20-12(15-17-18-20)21-7-10-9(3)16-19(4)11(10)13/h8,14H,5-7H2,1-4H3. The molecule has 0 unspecified atom stereocenters. The van der Waals surface area contributed by atoms with Gasteiger partial charge in [0.15, 0.2) is 0 Å². The molecule has 0 aliphatic heterocycles. The van der Waals surface area contributed by atoms with Gasteiger partial charge in [0, 0.05) is 31.0 Å². The van der Waals surface area contributed by atoms with Gasteiger partial charge in [0.05, 0.1) is 12.2 Å². The molecule has 0 bridgehead atoms. The molecule has 0 saturated heterocycles. The summed E-state index contributed by atoms with van der Waals surface area (Å²) >= 11 is 7.80. The number of rotatable bonds is 7. The van der Waals surface area contributed by atoms with Crippen molar-refractivity contribution in [1.29, 1.82) is 0 Å². The second-order valence-electron chi connectivity index (χ2n) is 5.06. The highest BCUT2D eigenvalue weighted by atomic mass is 35.5. The second kappa shape index (κ2) is 7.24. The van der Waals surface area contributed by atoms with E-state index in [4.69, 9.17) is 11.6 Å². The van der Waals surface area contributed by atoms with Crippen molar-refractivity contribution < 1.29 is 0 Å². The molecule has 0 atom stereocenters. The smallest absolute Gasteiger partial charge is 0.209 e. The normalized spacial score (nSPS) is 11.5. The SMILES string of the molecule is Cc1nn(C)c(Cl)c1CSc1nnnn1CCNC(C)C. The summed E-state index contributed by atoms with van der Waals surface area (Å²) in [5.74, 6) is 0.705. The lowest BCUT2D eigenvalue weighted by molar-refractivity contribution is 0.485. The average molecular weight is 330 g/mol. The van der Waals surface area contributed by atoms with Crippen LogP contribution in [0.4, 0.5) is 0 Å². The maximum Gasteiger partial charge on any atom is 0.209 e. The van der Waals surface area contributed by atoms with E-state index in [1.807, 2.05) is 14.0 Å². The molecule has 2 heterocycles. The molecular formula is C12H20ClN7S. The maximum absolute atomic E-state index is 6.23. The van der Waals surface area contributed by atoms with Gasteiger partial charge in [0.2, 0.25) is 5.16 Å². The highest BCUT2D eigenvalue weighted by molar-refractivity contribution is 7.98. The van der Waals surface area contributed by atoms with Crippen LogP contribution in [0.25, 0.3) is 0 Å². The van der Waals surface area contributed by atoms with Gasteiger partial charge in [0.1, 0.15) is 5.15 Å². The molecule has 2 aromatic rings. The van der Waals surface area contributed by atoms with E-state index >= 15 is 0 Å². The fraction of sp³-hybridized carbons (Fsp3) is 0.667. The molecule has 0 spiro atoms. The zero-order valence-electron chi connectivity index (χ0n) is 12.7. The van der Waals surface area contributed by atoms with Crippen molar-refractivity contribution in [3.63, 3.8) is 0 Å². The summed E-state index contributed by atoms with van der Waals surface area (Å²) in [5.41, 5.74) is 1.97. The zero-order chi connectivity index (χ0) is 15.4. The van der Waals surface area contributed by atoms with Gasteiger partial charge < -0.3 is 5.32 Å². The lowest BCUT2D eigenvalue weighted by Gasteiger charge is -2.08. The quantitative estimate of drug-likeness (QED) is 0.779. The van der Waals surface area contributed by atoms with Crippen LogP contribution in [0.5, 0.6) is 0 Å². The summed E-state index contributed by atoms with van der Waals surface area (Å²) in [5, 5.41) is 20.9. The summed E-state index contributed by atoms with van der Waals surface area (Å²) in [6, 6.07) is 0.453. The number of hydrogen-bond donors (Lipinski definition) is 1. The third-order valence-corrected chi connectivity index (χ3v) is 4.45. The van der Waals surface area contributed by atoms with E-state index in [1.54, 1.807) is 21.1 Å². The third-order valence-electron chi connectivity index (χ3n) is 2.99. The molecule has 0 aliphatic carbocycles. The number of aromatic nitrogens is 6. The topological polar surface area (TPSA) is 73.5 Å². The lowest BCUT2D eigenvalue weighted by Crippen LogP contribution is -2.27. The molecule has 0 aromatic carbocycles. The molecule has 21 heavy (non-hydrogen) atoms.